The minimum atomic E-state index is -3.37. The lowest BCUT2D eigenvalue weighted by atomic mass is 9.90. The first-order chi connectivity index (χ1) is 36.4. The molecule has 0 aromatic heterocycles. The molecule has 14 aromatic rings. The van der Waals surface area contributed by atoms with E-state index in [-0.39, 0.29) is 0 Å². The minimum Gasteiger partial charge on any atom is -0.309 e. The fourth-order valence-corrected chi connectivity index (χ4v) is 17.9. The van der Waals surface area contributed by atoms with Gasteiger partial charge in [-0.05, 0) is 110 Å². The highest BCUT2D eigenvalue weighted by atomic mass is 31.2. The van der Waals surface area contributed by atoms with E-state index in [9.17, 15) is 0 Å². The van der Waals surface area contributed by atoms with Gasteiger partial charge in [0.15, 0.2) is 14.3 Å². The molecule has 0 spiro atoms. The molecule has 0 amide bonds. The maximum atomic E-state index is 16.3. The van der Waals surface area contributed by atoms with Gasteiger partial charge in [0, 0.05) is 31.8 Å². The van der Waals surface area contributed by atoms with Gasteiger partial charge in [-0.3, -0.25) is 0 Å². The molecule has 348 valence electrons. The van der Waals surface area contributed by atoms with E-state index in [2.05, 4.69) is 206 Å². The van der Waals surface area contributed by atoms with Gasteiger partial charge in [-0.15, -0.1) is 0 Å². The van der Waals surface area contributed by atoms with Gasteiger partial charge in [0.25, 0.3) is 0 Å². The molecule has 14 aromatic carbocycles. The van der Waals surface area contributed by atoms with Gasteiger partial charge in [0.05, 0.1) is 0 Å². The molecule has 2 nitrogen and oxygen atoms in total. The summed E-state index contributed by atoms with van der Waals surface area (Å²) in [6, 6.07) is 97.0. The molecular formula is C70H46O2P2. The quantitative estimate of drug-likeness (QED) is 0.112. The smallest absolute Gasteiger partial charge is 0.172 e. The Morgan fingerprint density at radius 2 is 0.432 bits per heavy atom. The van der Waals surface area contributed by atoms with Crippen LogP contribution in [0.5, 0.6) is 0 Å². The molecule has 4 heteroatoms. The summed E-state index contributed by atoms with van der Waals surface area (Å²) >= 11 is 0. The van der Waals surface area contributed by atoms with E-state index in [4.69, 9.17) is 0 Å². The molecule has 0 radical (unpaired) electrons. The monoisotopic (exact) mass is 980 g/mol. The summed E-state index contributed by atoms with van der Waals surface area (Å²) in [5, 5.41) is 20.4. The molecule has 74 heavy (non-hydrogen) atoms. The highest BCUT2D eigenvalue weighted by Crippen LogP contribution is 2.49. The molecule has 0 atom stereocenters. The average molecular weight is 981 g/mol. The Hall–Kier alpha value is -8.64. The van der Waals surface area contributed by atoms with E-state index in [0.29, 0.717) is 0 Å². The maximum Gasteiger partial charge on any atom is 0.172 e. The van der Waals surface area contributed by atoms with Gasteiger partial charge in [-0.1, -0.05) is 267 Å². The average Bonchev–Trinajstić information content (AvgIpc) is 3.48. The van der Waals surface area contributed by atoms with Crippen LogP contribution in [0.4, 0.5) is 0 Å². The third-order valence-electron chi connectivity index (χ3n) is 15.4. The Kier molecular flexibility index (Phi) is 10.5. The fourth-order valence-electron chi connectivity index (χ4n) is 11.8. The van der Waals surface area contributed by atoms with Crippen LogP contribution in [-0.4, -0.2) is 0 Å². The summed E-state index contributed by atoms with van der Waals surface area (Å²) in [5.41, 5.74) is 4.32. The van der Waals surface area contributed by atoms with Crippen LogP contribution in [0.15, 0.2) is 279 Å². The lowest BCUT2D eigenvalue weighted by molar-refractivity contribution is 0.592. The first-order valence-corrected chi connectivity index (χ1v) is 28.6. The molecule has 0 unspecified atom stereocenters. The van der Waals surface area contributed by atoms with Crippen LogP contribution in [0.1, 0.15) is 0 Å². The van der Waals surface area contributed by atoms with E-state index in [0.717, 1.165) is 97.2 Å². The van der Waals surface area contributed by atoms with Gasteiger partial charge in [0.2, 0.25) is 0 Å². The highest BCUT2D eigenvalue weighted by molar-refractivity contribution is 7.86. The number of rotatable bonds is 8. The summed E-state index contributed by atoms with van der Waals surface area (Å²) in [7, 11) is -6.74. The maximum absolute atomic E-state index is 16.3. The van der Waals surface area contributed by atoms with Crippen molar-refractivity contribution in [1.82, 2.24) is 0 Å². The van der Waals surface area contributed by atoms with Crippen molar-refractivity contribution in [2.24, 2.45) is 0 Å². The second-order valence-electron chi connectivity index (χ2n) is 19.4. The Morgan fingerprint density at radius 3 is 0.743 bits per heavy atom. The van der Waals surface area contributed by atoms with E-state index >= 15 is 9.13 Å². The molecule has 0 heterocycles. The van der Waals surface area contributed by atoms with Gasteiger partial charge < -0.3 is 9.13 Å². The number of hydrogen-bond donors (Lipinski definition) is 0. The molecule has 0 aliphatic carbocycles. The zero-order valence-corrected chi connectivity index (χ0v) is 42.1. The molecule has 0 aliphatic rings. The SMILES string of the molecule is O=P(c1ccc(-c2ccc3c4ccc(-c5ccc(P(=O)(c6cccc7ccccc67)c6cccc7ccccc67)cc5)cc4c4ccccc4c3c2)cc1)(c1cccc2ccccc12)c1cccc2ccccc12. The number of fused-ring (bicyclic) bond motifs is 10. The van der Waals surface area contributed by atoms with Gasteiger partial charge >= 0.3 is 0 Å². The minimum absolute atomic E-state index is 0.806. The molecule has 0 saturated carbocycles. The molecule has 0 fully saturated rings. The summed E-state index contributed by atoms with van der Waals surface area (Å²) in [6.07, 6.45) is 0. The largest absolute Gasteiger partial charge is 0.309 e. The molecule has 0 aliphatic heterocycles. The second kappa shape index (κ2) is 17.5. The van der Waals surface area contributed by atoms with Crippen molar-refractivity contribution in [3.63, 3.8) is 0 Å². The van der Waals surface area contributed by atoms with Crippen LogP contribution in [-0.2, 0) is 9.13 Å². The lowest BCUT2D eigenvalue weighted by Crippen LogP contribution is -2.26. The summed E-state index contributed by atoms with van der Waals surface area (Å²) < 4.78 is 32.6. The first-order valence-electron chi connectivity index (χ1n) is 25.2. The summed E-state index contributed by atoms with van der Waals surface area (Å²) in [4.78, 5) is 0. The fraction of sp³-hybridized carbons (Fsp3) is 0. The Labute approximate surface area is 429 Å². The Balaban J connectivity index is 0.856. The van der Waals surface area contributed by atoms with Crippen molar-refractivity contribution in [2.45, 2.75) is 0 Å². The summed E-state index contributed by atoms with van der Waals surface area (Å²) in [6.45, 7) is 0. The van der Waals surface area contributed by atoms with Crippen LogP contribution in [0.25, 0.3) is 97.7 Å². The van der Waals surface area contributed by atoms with Gasteiger partial charge in [-0.25, -0.2) is 0 Å². The van der Waals surface area contributed by atoms with Crippen molar-refractivity contribution in [3.05, 3.63) is 279 Å². The predicted octanol–water partition coefficient (Wildman–Crippen LogP) is 16.4. The van der Waals surface area contributed by atoms with Crippen molar-refractivity contribution < 1.29 is 9.13 Å². The van der Waals surface area contributed by atoms with Crippen molar-refractivity contribution in [1.29, 1.82) is 0 Å². The van der Waals surface area contributed by atoms with E-state index in [1.807, 2.05) is 72.8 Å². The number of hydrogen-bond acceptors (Lipinski definition) is 2. The van der Waals surface area contributed by atoms with Gasteiger partial charge in [0.1, 0.15) is 0 Å². The van der Waals surface area contributed by atoms with Crippen LogP contribution in [0.3, 0.4) is 0 Å². The zero-order chi connectivity index (χ0) is 49.4. The standard InChI is InChI=1S/C70H46O2P2/c71-73(67-29-11-19-49-15-1-5-23-57(49)67,68-30-12-20-50-16-2-6-24-58(50)68)55-39-33-47(34-40-55)53-37-43-63-64-44-38-54(46-66(64)62-28-10-9-27-61(62)65(63)45-53)48-35-41-56(42-36-48)74(72,69-31-13-21-51-17-3-7-25-59(51)69)70-32-14-22-52-18-4-8-26-60(52)70/h1-46H. The van der Waals surface area contributed by atoms with Crippen molar-refractivity contribution >= 4 is 122 Å². The molecular weight excluding hydrogens is 935 g/mol. The van der Waals surface area contributed by atoms with E-state index in [1.165, 1.54) is 32.3 Å². The normalized spacial score (nSPS) is 12.2. The van der Waals surface area contributed by atoms with Crippen molar-refractivity contribution in [2.75, 3.05) is 0 Å². The van der Waals surface area contributed by atoms with Crippen molar-refractivity contribution in [3.8, 4) is 22.3 Å². The highest BCUT2D eigenvalue weighted by Gasteiger charge is 2.34. The van der Waals surface area contributed by atoms with E-state index < -0.39 is 14.3 Å². The number of benzene rings is 14. The third kappa shape index (κ3) is 6.94. The lowest BCUT2D eigenvalue weighted by Gasteiger charge is -2.23. The zero-order valence-electron chi connectivity index (χ0n) is 40.3. The van der Waals surface area contributed by atoms with Gasteiger partial charge in [-0.2, -0.15) is 0 Å². The molecule has 0 bridgehead atoms. The Bertz CT molecular complexity index is 4160. The topological polar surface area (TPSA) is 34.1 Å². The predicted molar refractivity (Wildman–Crippen MR) is 319 cm³/mol. The van der Waals surface area contributed by atoms with Crippen LogP contribution >= 0.6 is 14.3 Å². The molecule has 0 N–H and O–H groups in total. The van der Waals surface area contributed by atoms with Crippen LogP contribution in [0.2, 0.25) is 0 Å². The Morgan fingerprint density at radius 1 is 0.189 bits per heavy atom. The third-order valence-corrected chi connectivity index (χ3v) is 21.7. The van der Waals surface area contributed by atoms with E-state index in [1.54, 1.807) is 0 Å². The second-order valence-corrected chi connectivity index (χ2v) is 24.8. The van der Waals surface area contributed by atoms with Crippen LogP contribution < -0.4 is 31.8 Å². The first kappa shape index (κ1) is 44.1. The molecule has 0 saturated heterocycles. The van der Waals surface area contributed by atoms with Crippen LogP contribution in [0, 0.1) is 0 Å². The summed E-state index contributed by atoms with van der Waals surface area (Å²) in [5.74, 6) is 0. The molecule has 14 rings (SSSR count).